The maximum absolute atomic E-state index is 13.1. The Morgan fingerprint density at radius 3 is 2.24 bits per heavy atom. The highest BCUT2D eigenvalue weighted by molar-refractivity contribution is 9.10. The van der Waals surface area contributed by atoms with Crippen LogP contribution in [-0.4, -0.2) is 43.6 Å². The number of halogens is 2. The summed E-state index contributed by atoms with van der Waals surface area (Å²) in [5, 5.41) is 5.68. The number of hydrogen-bond donors (Lipinski definition) is 2. The highest BCUT2D eigenvalue weighted by Crippen LogP contribution is 2.27. The lowest BCUT2D eigenvalue weighted by molar-refractivity contribution is 0.0976. The van der Waals surface area contributed by atoms with Gasteiger partial charge in [0.05, 0.1) is 15.6 Å². The number of nitrogens with zero attached hydrogens (tertiary/aromatic N) is 1. The molecule has 34 heavy (non-hydrogen) atoms. The number of ketones is 1. The van der Waals surface area contributed by atoms with Crippen molar-refractivity contribution in [3.05, 3.63) is 92.9 Å². The molecule has 0 unspecified atom stereocenters. The fourth-order valence-electron chi connectivity index (χ4n) is 2.92. The third kappa shape index (κ3) is 5.89. The number of carbonyl (C=O) groups is 2. The number of hydrogen-bond acceptors (Lipinski definition) is 5. The molecule has 0 heterocycles. The first-order chi connectivity index (χ1) is 16.0. The van der Waals surface area contributed by atoms with E-state index in [0.29, 0.717) is 26.3 Å². The van der Waals surface area contributed by atoms with Crippen molar-refractivity contribution < 1.29 is 18.0 Å². The molecule has 3 aromatic rings. The van der Waals surface area contributed by atoms with E-state index in [9.17, 15) is 18.0 Å². The summed E-state index contributed by atoms with van der Waals surface area (Å²) in [7, 11) is -0.760. The third-order valence-corrected chi connectivity index (χ3v) is 7.57. The molecule has 2 N–H and O–H groups in total. The molecule has 7 nitrogen and oxygen atoms in total. The van der Waals surface area contributed by atoms with Gasteiger partial charge < -0.3 is 5.32 Å². The van der Waals surface area contributed by atoms with Crippen LogP contribution in [0.4, 0.5) is 5.69 Å². The topological polar surface area (TPSA) is 95.6 Å². The summed E-state index contributed by atoms with van der Waals surface area (Å²) in [6.45, 7) is 0. The van der Waals surface area contributed by atoms with E-state index in [1.807, 2.05) is 0 Å². The standard InChI is InChI=1S/C23H19BrClN3O4S2/c1-28(2)34(31,32)16-10-7-14(8-11-16)22(30)27-23(33)26-20-12-9-15(24)13-18(20)21(29)17-5-3-4-6-19(17)25/h3-13H,1-2H3,(H2,26,27,30,33). The monoisotopic (exact) mass is 579 g/mol. The highest BCUT2D eigenvalue weighted by atomic mass is 79.9. The van der Waals surface area contributed by atoms with Crippen LogP contribution in [0.25, 0.3) is 0 Å². The minimum Gasteiger partial charge on any atom is -0.332 e. The van der Waals surface area contributed by atoms with E-state index in [1.165, 1.54) is 38.4 Å². The first-order valence-corrected chi connectivity index (χ1v) is 12.8. The van der Waals surface area contributed by atoms with Gasteiger partial charge in [-0.15, -0.1) is 0 Å². The average molecular weight is 581 g/mol. The second-order valence-electron chi connectivity index (χ2n) is 7.22. The highest BCUT2D eigenvalue weighted by Gasteiger charge is 2.20. The second-order valence-corrected chi connectivity index (χ2v) is 11.1. The number of anilines is 1. The van der Waals surface area contributed by atoms with E-state index in [-0.39, 0.29) is 21.4 Å². The molecular formula is C23H19BrClN3O4S2. The van der Waals surface area contributed by atoms with Gasteiger partial charge in [-0.3, -0.25) is 14.9 Å². The Kier molecular flexibility index (Phi) is 8.21. The summed E-state index contributed by atoms with van der Waals surface area (Å²) in [6.07, 6.45) is 0. The number of rotatable bonds is 6. The number of nitrogens with one attached hydrogen (secondary N) is 2. The normalized spacial score (nSPS) is 11.2. The Hall–Kier alpha value is -2.63. The molecule has 0 aliphatic heterocycles. The first-order valence-electron chi connectivity index (χ1n) is 9.74. The van der Waals surface area contributed by atoms with E-state index in [0.717, 1.165) is 4.31 Å². The molecule has 1 amide bonds. The van der Waals surface area contributed by atoms with Crippen molar-refractivity contribution in [2.45, 2.75) is 4.90 Å². The summed E-state index contributed by atoms with van der Waals surface area (Å²) >= 11 is 14.8. The predicted molar refractivity (Wildman–Crippen MR) is 140 cm³/mol. The van der Waals surface area contributed by atoms with Crippen LogP contribution < -0.4 is 10.6 Å². The van der Waals surface area contributed by atoms with Crippen LogP contribution in [0, 0.1) is 0 Å². The molecule has 0 radical (unpaired) electrons. The first kappa shape index (κ1) is 26.0. The third-order valence-electron chi connectivity index (χ3n) is 4.72. The van der Waals surface area contributed by atoms with Gasteiger partial charge in [0.15, 0.2) is 10.9 Å². The van der Waals surface area contributed by atoms with Crippen molar-refractivity contribution in [1.82, 2.24) is 9.62 Å². The van der Waals surface area contributed by atoms with Crippen molar-refractivity contribution in [2.24, 2.45) is 0 Å². The fourth-order valence-corrected chi connectivity index (χ4v) is 4.61. The van der Waals surface area contributed by atoms with Crippen molar-refractivity contribution in [1.29, 1.82) is 0 Å². The number of amides is 1. The van der Waals surface area contributed by atoms with Crippen LogP contribution in [0.15, 0.2) is 76.1 Å². The zero-order valence-corrected chi connectivity index (χ0v) is 22.0. The van der Waals surface area contributed by atoms with E-state index < -0.39 is 15.9 Å². The fraction of sp³-hybridized carbons (Fsp3) is 0.0870. The van der Waals surface area contributed by atoms with Crippen LogP contribution in [0.1, 0.15) is 26.3 Å². The maximum Gasteiger partial charge on any atom is 0.257 e. The average Bonchev–Trinajstić information content (AvgIpc) is 2.80. The number of thiocarbonyl (C=S) groups is 1. The lowest BCUT2D eigenvalue weighted by Gasteiger charge is -2.14. The summed E-state index contributed by atoms with van der Waals surface area (Å²) in [4.78, 5) is 25.7. The minimum absolute atomic E-state index is 0.0366. The summed E-state index contributed by atoms with van der Waals surface area (Å²) < 4.78 is 26.1. The maximum atomic E-state index is 13.1. The predicted octanol–water partition coefficient (Wildman–Crippen LogP) is 4.71. The smallest absolute Gasteiger partial charge is 0.257 e. The van der Waals surface area contributed by atoms with Crippen molar-refractivity contribution in [3.63, 3.8) is 0 Å². The Bertz CT molecular complexity index is 1380. The van der Waals surface area contributed by atoms with Crippen LogP contribution in [0.3, 0.4) is 0 Å². The summed E-state index contributed by atoms with van der Waals surface area (Å²) in [5.41, 5.74) is 1.22. The van der Waals surface area contributed by atoms with Gasteiger partial charge in [0.25, 0.3) is 5.91 Å². The van der Waals surface area contributed by atoms with Crippen LogP contribution >= 0.6 is 39.7 Å². The molecule has 0 saturated carbocycles. The molecule has 0 saturated heterocycles. The molecule has 176 valence electrons. The van der Waals surface area contributed by atoms with Gasteiger partial charge >= 0.3 is 0 Å². The van der Waals surface area contributed by atoms with Gasteiger partial charge in [-0.1, -0.05) is 39.7 Å². The molecule has 0 atom stereocenters. The second kappa shape index (κ2) is 10.7. The lowest BCUT2D eigenvalue weighted by atomic mass is 10.0. The molecule has 0 aliphatic carbocycles. The van der Waals surface area contributed by atoms with Crippen LogP contribution in [0.2, 0.25) is 5.02 Å². The van der Waals surface area contributed by atoms with E-state index in [4.69, 9.17) is 23.8 Å². The number of carbonyl (C=O) groups excluding carboxylic acids is 2. The van der Waals surface area contributed by atoms with E-state index in [1.54, 1.807) is 42.5 Å². The molecule has 0 aromatic heterocycles. The molecular weight excluding hydrogens is 562 g/mol. The van der Waals surface area contributed by atoms with Crippen LogP contribution in [0.5, 0.6) is 0 Å². The number of benzene rings is 3. The quantitative estimate of drug-likeness (QED) is 0.324. The Morgan fingerprint density at radius 2 is 1.62 bits per heavy atom. The summed E-state index contributed by atoms with van der Waals surface area (Å²) in [5.74, 6) is -0.858. The minimum atomic E-state index is -3.61. The molecule has 0 fully saturated rings. The van der Waals surface area contributed by atoms with Gasteiger partial charge in [-0.25, -0.2) is 12.7 Å². The lowest BCUT2D eigenvalue weighted by Crippen LogP contribution is -2.34. The van der Waals surface area contributed by atoms with Crippen molar-refractivity contribution >= 4 is 72.3 Å². The van der Waals surface area contributed by atoms with Crippen LogP contribution in [-0.2, 0) is 10.0 Å². The van der Waals surface area contributed by atoms with Gasteiger partial charge in [0, 0.05) is 35.3 Å². The molecule has 0 aliphatic rings. The zero-order chi connectivity index (χ0) is 25.0. The Morgan fingerprint density at radius 1 is 0.971 bits per heavy atom. The Balaban J connectivity index is 1.77. The van der Waals surface area contributed by atoms with E-state index >= 15 is 0 Å². The Labute approximate surface area is 216 Å². The molecule has 3 aromatic carbocycles. The molecule has 11 heteroatoms. The zero-order valence-electron chi connectivity index (χ0n) is 18.0. The van der Waals surface area contributed by atoms with Crippen molar-refractivity contribution in [3.8, 4) is 0 Å². The largest absolute Gasteiger partial charge is 0.332 e. The molecule has 3 rings (SSSR count). The molecule has 0 spiro atoms. The SMILES string of the molecule is CN(C)S(=O)(=O)c1ccc(C(=O)NC(=S)Nc2ccc(Br)cc2C(=O)c2ccccc2Cl)cc1. The molecule has 0 bridgehead atoms. The van der Waals surface area contributed by atoms with Crippen molar-refractivity contribution in [2.75, 3.05) is 19.4 Å². The van der Waals surface area contributed by atoms with Gasteiger partial charge in [0.2, 0.25) is 10.0 Å². The van der Waals surface area contributed by atoms with Gasteiger partial charge in [0.1, 0.15) is 0 Å². The van der Waals surface area contributed by atoms with Gasteiger partial charge in [-0.2, -0.15) is 0 Å². The summed E-state index contributed by atoms with van der Waals surface area (Å²) in [6, 6.07) is 17.1. The van der Waals surface area contributed by atoms with E-state index in [2.05, 4.69) is 26.6 Å². The number of sulfonamides is 1. The van der Waals surface area contributed by atoms with Gasteiger partial charge in [-0.05, 0) is 66.8 Å².